The number of aliphatic carboxylic acids is 1. The van der Waals surface area contributed by atoms with E-state index < -0.39 is 11.9 Å². The molecular weight excluding hydrogens is 234 g/mol. The first-order chi connectivity index (χ1) is 8.66. The van der Waals surface area contributed by atoms with E-state index in [1.54, 1.807) is 12.4 Å². The summed E-state index contributed by atoms with van der Waals surface area (Å²) in [6.07, 6.45) is 7.06. The van der Waals surface area contributed by atoms with Crippen LogP contribution in [0.3, 0.4) is 0 Å². The van der Waals surface area contributed by atoms with Gasteiger partial charge in [0.2, 0.25) is 0 Å². The molecule has 0 aliphatic heterocycles. The highest BCUT2D eigenvalue weighted by atomic mass is 16.4. The van der Waals surface area contributed by atoms with Crippen LogP contribution in [0.5, 0.6) is 0 Å². The van der Waals surface area contributed by atoms with Gasteiger partial charge in [0, 0.05) is 0 Å². The summed E-state index contributed by atoms with van der Waals surface area (Å²) in [4.78, 5) is 23.1. The van der Waals surface area contributed by atoms with Gasteiger partial charge in [0.1, 0.15) is 11.8 Å². The van der Waals surface area contributed by atoms with E-state index in [2.05, 4.69) is 15.0 Å². The Morgan fingerprint density at radius 1 is 1.39 bits per heavy atom. The largest absolute Gasteiger partial charge is 0.481 e. The lowest BCUT2D eigenvalue weighted by atomic mass is 10.1. The van der Waals surface area contributed by atoms with Crippen LogP contribution in [0.1, 0.15) is 12.5 Å². The fourth-order valence-electron chi connectivity index (χ4n) is 2.18. The van der Waals surface area contributed by atoms with E-state index in [1.165, 1.54) is 6.33 Å². The van der Waals surface area contributed by atoms with Crippen LogP contribution in [-0.2, 0) is 4.79 Å². The zero-order valence-corrected chi connectivity index (χ0v) is 9.39. The van der Waals surface area contributed by atoms with Gasteiger partial charge in [0.15, 0.2) is 11.5 Å². The highest BCUT2D eigenvalue weighted by Crippen LogP contribution is 2.30. The molecule has 7 heteroatoms. The molecule has 7 nitrogen and oxygen atoms in total. The number of carboxylic acid groups (broad SMARTS) is 1. The van der Waals surface area contributed by atoms with Crippen LogP contribution in [0.2, 0.25) is 0 Å². The summed E-state index contributed by atoms with van der Waals surface area (Å²) in [6, 6.07) is -0.0506. The lowest BCUT2D eigenvalue weighted by Gasteiger charge is -2.11. The number of hydrogen-bond donors (Lipinski definition) is 2. The van der Waals surface area contributed by atoms with Gasteiger partial charge in [-0.25, -0.2) is 15.0 Å². The molecule has 2 heterocycles. The monoisotopic (exact) mass is 245 g/mol. The molecular formula is C11H11N5O2. The maximum Gasteiger partial charge on any atom is 0.310 e. The van der Waals surface area contributed by atoms with Crippen molar-refractivity contribution >= 4 is 23.0 Å². The number of allylic oxidation sites excluding steroid dienone is 1. The number of carbonyl (C=O) groups is 1. The van der Waals surface area contributed by atoms with E-state index in [0.717, 1.165) is 0 Å². The van der Waals surface area contributed by atoms with Crippen molar-refractivity contribution in [3.63, 3.8) is 0 Å². The van der Waals surface area contributed by atoms with Gasteiger partial charge in [-0.05, 0) is 6.42 Å². The van der Waals surface area contributed by atoms with E-state index in [0.29, 0.717) is 23.4 Å². The molecule has 2 aromatic rings. The predicted molar refractivity (Wildman–Crippen MR) is 63.7 cm³/mol. The summed E-state index contributed by atoms with van der Waals surface area (Å²) < 4.78 is 1.83. The minimum absolute atomic E-state index is 0.0506. The van der Waals surface area contributed by atoms with Crippen LogP contribution in [0, 0.1) is 5.92 Å². The van der Waals surface area contributed by atoms with Gasteiger partial charge in [-0.2, -0.15) is 0 Å². The van der Waals surface area contributed by atoms with Crippen LogP contribution in [0.15, 0.2) is 24.8 Å². The Bertz CT molecular complexity index is 648. The smallest absolute Gasteiger partial charge is 0.310 e. The molecule has 1 aliphatic rings. The standard InChI is InChI=1S/C11H11N5O2/c12-9-8-10(14-4-13-9)16(5-15-8)7-2-1-6(3-7)11(17)18/h1-2,4-7H,3H2,(H,17,18)(H2,12,13,14)/t6-,7-/m1/s1. The molecule has 0 bridgehead atoms. The average molecular weight is 245 g/mol. The van der Waals surface area contributed by atoms with Crippen LogP contribution >= 0.6 is 0 Å². The molecule has 18 heavy (non-hydrogen) atoms. The van der Waals surface area contributed by atoms with Crippen molar-refractivity contribution in [3.05, 3.63) is 24.8 Å². The number of nitrogens with zero attached hydrogens (tertiary/aromatic N) is 4. The van der Waals surface area contributed by atoms with Gasteiger partial charge in [-0.1, -0.05) is 12.2 Å². The molecule has 92 valence electrons. The minimum atomic E-state index is -0.813. The van der Waals surface area contributed by atoms with Gasteiger partial charge < -0.3 is 15.4 Å². The first kappa shape index (κ1) is 10.7. The molecule has 1 aliphatic carbocycles. The second-order valence-corrected chi connectivity index (χ2v) is 4.22. The zero-order chi connectivity index (χ0) is 12.7. The van der Waals surface area contributed by atoms with Crippen molar-refractivity contribution in [2.24, 2.45) is 5.92 Å². The van der Waals surface area contributed by atoms with Crippen LogP contribution < -0.4 is 5.73 Å². The zero-order valence-electron chi connectivity index (χ0n) is 9.39. The Labute approximate surface area is 102 Å². The normalized spacial score (nSPS) is 22.7. The quantitative estimate of drug-likeness (QED) is 0.750. The molecule has 3 N–H and O–H groups in total. The number of nitrogens with two attached hydrogens (primary N) is 1. The molecule has 0 unspecified atom stereocenters. The fraction of sp³-hybridized carbons (Fsp3) is 0.273. The maximum atomic E-state index is 10.9. The molecule has 0 saturated carbocycles. The third kappa shape index (κ3) is 1.52. The van der Waals surface area contributed by atoms with E-state index in [4.69, 9.17) is 10.8 Å². The van der Waals surface area contributed by atoms with E-state index in [9.17, 15) is 4.79 Å². The predicted octanol–water partition coefficient (Wildman–Crippen LogP) is 0.610. The van der Waals surface area contributed by atoms with Crippen molar-refractivity contribution in [1.29, 1.82) is 0 Å². The van der Waals surface area contributed by atoms with Crippen molar-refractivity contribution < 1.29 is 9.90 Å². The first-order valence-corrected chi connectivity index (χ1v) is 5.51. The van der Waals surface area contributed by atoms with Crippen molar-refractivity contribution in [1.82, 2.24) is 19.5 Å². The number of anilines is 1. The van der Waals surface area contributed by atoms with Crippen molar-refractivity contribution in [3.8, 4) is 0 Å². The highest BCUT2D eigenvalue weighted by molar-refractivity contribution is 5.81. The number of imidazole rings is 1. The van der Waals surface area contributed by atoms with Gasteiger partial charge in [0.25, 0.3) is 0 Å². The topological polar surface area (TPSA) is 107 Å². The second-order valence-electron chi connectivity index (χ2n) is 4.22. The van der Waals surface area contributed by atoms with Crippen LogP contribution in [0.4, 0.5) is 5.82 Å². The molecule has 0 fully saturated rings. The van der Waals surface area contributed by atoms with E-state index in [-0.39, 0.29) is 6.04 Å². The second kappa shape index (κ2) is 3.80. The molecule has 2 atom stereocenters. The molecule has 3 rings (SSSR count). The van der Waals surface area contributed by atoms with Gasteiger partial charge in [-0.15, -0.1) is 0 Å². The number of fused-ring (bicyclic) bond motifs is 1. The number of nitrogen functional groups attached to an aromatic ring is 1. The van der Waals surface area contributed by atoms with Gasteiger partial charge in [0.05, 0.1) is 18.3 Å². The van der Waals surface area contributed by atoms with Crippen LogP contribution in [0.25, 0.3) is 11.2 Å². The maximum absolute atomic E-state index is 10.9. The van der Waals surface area contributed by atoms with Gasteiger partial charge in [-0.3, -0.25) is 4.79 Å². The summed E-state index contributed by atoms with van der Waals surface area (Å²) in [5.74, 6) is -0.936. The Morgan fingerprint density at radius 3 is 2.94 bits per heavy atom. The Balaban J connectivity index is 2.00. The lowest BCUT2D eigenvalue weighted by Crippen LogP contribution is -2.12. The van der Waals surface area contributed by atoms with E-state index >= 15 is 0 Å². The Hall–Kier alpha value is -2.44. The molecule has 0 aromatic carbocycles. The van der Waals surface area contributed by atoms with E-state index in [1.807, 2.05) is 10.6 Å². The van der Waals surface area contributed by atoms with Crippen molar-refractivity contribution in [2.45, 2.75) is 12.5 Å². The van der Waals surface area contributed by atoms with Gasteiger partial charge >= 0.3 is 5.97 Å². The number of rotatable bonds is 2. The summed E-state index contributed by atoms with van der Waals surface area (Å²) in [5, 5.41) is 8.96. The summed E-state index contributed by atoms with van der Waals surface area (Å²) in [5.41, 5.74) is 6.88. The molecule has 0 radical (unpaired) electrons. The number of hydrogen-bond acceptors (Lipinski definition) is 5. The number of carboxylic acids is 1. The summed E-state index contributed by atoms with van der Waals surface area (Å²) in [7, 11) is 0. The van der Waals surface area contributed by atoms with Crippen molar-refractivity contribution in [2.75, 3.05) is 5.73 Å². The average Bonchev–Trinajstić information content (AvgIpc) is 2.94. The lowest BCUT2D eigenvalue weighted by molar-refractivity contribution is -0.140. The molecule has 0 spiro atoms. The third-order valence-corrected chi connectivity index (χ3v) is 3.12. The Morgan fingerprint density at radius 2 is 2.22 bits per heavy atom. The summed E-state index contributed by atoms with van der Waals surface area (Å²) >= 11 is 0. The molecule has 0 saturated heterocycles. The summed E-state index contributed by atoms with van der Waals surface area (Å²) in [6.45, 7) is 0. The minimum Gasteiger partial charge on any atom is -0.481 e. The molecule has 2 aromatic heterocycles. The third-order valence-electron chi connectivity index (χ3n) is 3.12. The Kier molecular flexibility index (Phi) is 2.26. The molecule has 0 amide bonds. The first-order valence-electron chi connectivity index (χ1n) is 5.51. The fourth-order valence-corrected chi connectivity index (χ4v) is 2.18. The highest BCUT2D eigenvalue weighted by Gasteiger charge is 2.26. The SMILES string of the molecule is Nc1ncnc2c1ncn2[C@@H]1C=C[C@@H](C(=O)O)C1. The number of aromatic nitrogens is 4. The van der Waals surface area contributed by atoms with Crippen LogP contribution in [-0.4, -0.2) is 30.6 Å².